The van der Waals surface area contributed by atoms with Gasteiger partial charge in [0.15, 0.2) is 0 Å². The lowest BCUT2D eigenvalue weighted by Crippen LogP contribution is -2.48. The van der Waals surface area contributed by atoms with Crippen molar-refractivity contribution in [2.24, 2.45) is 0 Å². The van der Waals surface area contributed by atoms with Gasteiger partial charge in [-0.3, -0.25) is 4.90 Å². The molecule has 0 aromatic carbocycles. The van der Waals surface area contributed by atoms with E-state index in [1.54, 1.807) is 0 Å². The lowest BCUT2D eigenvalue weighted by Gasteiger charge is -2.38. The molecule has 2 fully saturated rings. The first-order chi connectivity index (χ1) is 7.79. The van der Waals surface area contributed by atoms with Crippen molar-refractivity contribution in [2.45, 2.75) is 44.2 Å². The second-order valence-corrected chi connectivity index (χ2v) is 5.51. The third-order valence-electron chi connectivity index (χ3n) is 4.30. The van der Waals surface area contributed by atoms with Gasteiger partial charge in [-0.05, 0) is 65.8 Å². The Morgan fingerprint density at radius 1 is 1.00 bits per heavy atom. The van der Waals surface area contributed by atoms with Crippen LogP contribution in [0.15, 0.2) is 0 Å². The van der Waals surface area contributed by atoms with E-state index in [1.807, 2.05) is 0 Å². The number of likely N-dealkylation sites (N-methyl/N-ethyl adjacent to an activating group) is 1. The van der Waals surface area contributed by atoms with Crippen molar-refractivity contribution in [3.63, 3.8) is 0 Å². The second-order valence-electron chi connectivity index (χ2n) is 5.51. The summed E-state index contributed by atoms with van der Waals surface area (Å²) in [5.41, 5.74) is 0. The molecule has 2 unspecified atom stereocenters. The van der Waals surface area contributed by atoms with Gasteiger partial charge in [0.25, 0.3) is 0 Å². The smallest absolute Gasteiger partial charge is 0.0192 e. The number of nitrogens with zero attached hydrogens (tertiary/aromatic N) is 2. The molecule has 2 atom stereocenters. The molecule has 0 spiro atoms. The zero-order valence-corrected chi connectivity index (χ0v) is 10.9. The van der Waals surface area contributed by atoms with E-state index in [0.717, 1.165) is 12.1 Å². The predicted molar refractivity (Wildman–Crippen MR) is 68.8 cm³/mol. The molecule has 0 bridgehead atoms. The van der Waals surface area contributed by atoms with Crippen LogP contribution in [-0.4, -0.2) is 62.2 Å². The average Bonchev–Trinajstić information content (AvgIpc) is 2.54. The molecule has 16 heavy (non-hydrogen) atoms. The van der Waals surface area contributed by atoms with Gasteiger partial charge in [-0.15, -0.1) is 0 Å². The van der Waals surface area contributed by atoms with Gasteiger partial charge in [0, 0.05) is 18.6 Å². The van der Waals surface area contributed by atoms with Crippen LogP contribution < -0.4 is 5.32 Å². The van der Waals surface area contributed by atoms with Gasteiger partial charge in [-0.25, -0.2) is 0 Å². The predicted octanol–water partition coefficient (Wildman–Crippen LogP) is 1.15. The maximum atomic E-state index is 3.45. The maximum Gasteiger partial charge on any atom is 0.0192 e. The van der Waals surface area contributed by atoms with Gasteiger partial charge in [0.1, 0.15) is 0 Å². The summed E-state index contributed by atoms with van der Waals surface area (Å²) >= 11 is 0. The van der Waals surface area contributed by atoms with E-state index in [2.05, 4.69) is 29.2 Å². The number of hydrogen-bond donors (Lipinski definition) is 1. The van der Waals surface area contributed by atoms with E-state index in [0.29, 0.717) is 0 Å². The highest BCUT2D eigenvalue weighted by Crippen LogP contribution is 2.20. The molecule has 0 aromatic rings. The topological polar surface area (TPSA) is 18.5 Å². The quantitative estimate of drug-likeness (QED) is 0.761. The van der Waals surface area contributed by atoms with Crippen molar-refractivity contribution >= 4 is 0 Å². The van der Waals surface area contributed by atoms with Crippen molar-refractivity contribution in [3.8, 4) is 0 Å². The van der Waals surface area contributed by atoms with Crippen LogP contribution in [0.3, 0.4) is 0 Å². The lowest BCUT2D eigenvalue weighted by atomic mass is 10.0. The van der Waals surface area contributed by atoms with E-state index < -0.39 is 0 Å². The highest BCUT2D eigenvalue weighted by Gasteiger charge is 2.26. The van der Waals surface area contributed by atoms with Crippen LogP contribution >= 0.6 is 0 Å². The van der Waals surface area contributed by atoms with Gasteiger partial charge in [0.05, 0.1) is 0 Å². The van der Waals surface area contributed by atoms with E-state index >= 15 is 0 Å². The van der Waals surface area contributed by atoms with Crippen molar-refractivity contribution in [2.75, 3.05) is 40.3 Å². The zero-order chi connectivity index (χ0) is 11.4. The summed E-state index contributed by atoms with van der Waals surface area (Å²) in [6.45, 7) is 5.17. The van der Waals surface area contributed by atoms with Crippen LogP contribution in [0.5, 0.6) is 0 Å². The number of nitrogens with one attached hydrogen (secondary N) is 1. The minimum atomic E-state index is 0.731. The van der Waals surface area contributed by atoms with Crippen molar-refractivity contribution in [1.29, 1.82) is 0 Å². The first kappa shape index (κ1) is 12.3. The molecule has 2 rings (SSSR count). The summed E-state index contributed by atoms with van der Waals surface area (Å²) in [7, 11) is 4.37. The first-order valence-electron chi connectivity index (χ1n) is 6.89. The van der Waals surface area contributed by atoms with Crippen LogP contribution in [0.4, 0.5) is 0 Å². The van der Waals surface area contributed by atoms with Crippen molar-refractivity contribution < 1.29 is 0 Å². The molecule has 1 N–H and O–H groups in total. The lowest BCUT2D eigenvalue weighted by molar-refractivity contribution is 0.128. The minimum Gasteiger partial charge on any atom is -0.316 e. The van der Waals surface area contributed by atoms with Gasteiger partial charge in [-0.2, -0.15) is 0 Å². The summed E-state index contributed by atoms with van der Waals surface area (Å²) in [6.07, 6.45) is 6.88. The molecule has 2 aliphatic rings. The number of rotatable bonds is 2. The fourth-order valence-electron chi connectivity index (χ4n) is 3.16. The Morgan fingerprint density at radius 2 is 1.81 bits per heavy atom. The molecule has 2 saturated heterocycles. The maximum absolute atomic E-state index is 3.45. The Hall–Kier alpha value is -0.120. The molecule has 2 heterocycles. The molecule has 0 amide bonds. The number of likely N-dealkylation sites (tertiary alicyclic amines) is 2. The zero-order valence-electron chi connectivity index (χ0n) is 10.9. The van der Waals surface area contributed by atoms with Gasteiger partial charge < -0.3 is 10.2 Å². The highest BCUT2D eigenvalue weighted by atomic mass is 15.2. The normalized spacial score (nSPS) is 34.9. The number of hydrogen-bond acceptors (Lipinski definition) is 3. The van der Waals surface area contributed by atoms with Crippen LogP contribution in [0.25, 0.3) is 0 Å². The van der Waals surface area contributed by atoms with Gasteiger partial charge in [0.2, 0.25) is 0 Å². The van der Waals surface area contributed by atoms with E-state index in [1.165, 1.54) is 58.3 Å². The Morgan fingerprint density at radius 3 is 2.62 bits per heavy atom. The monoisotopic (exact) mass is 225 g/mol. The molecule has 0 aromatic heterocycles. The van der Waals surface area contributed by atoms with Crippen molar-refractivity contribution in [3.05, 3.63) is 0 Å². The standard InChI is InChI=1S/C13H27N3/c1-14-12-5-3-9-16(11-12)13-6-4-8-15(2)10-7-13/h12-14H,3-11H2,1-2H3. The number of piperidine rings is 1. The van der Waals surface area contributed by atoms with Crippen LogP contribution in [-0.2, 0) is 0 Å². The molecular weight excluding hydrogens is 198 g/mol. The molecule has 3 nitrogen and oxygen atoms in total. The SMILES string of the molecule is CNC1CCCN(C2CCCN(C)CC2)C1. The Balaban J connectivity index is 1.85. The molecular formula is C13H27N3. The van der Waals surface area contributed by atoms with E-state index in [4.69, 9.17) is 0 Å². The molecule has 0 saturated carbocycles. The Labute approximate surface area is 100 Å². The largest absolute Gasteiger partial charge is 0.316 e. The Bertz CT molecular complexity index is 207. The van der Waals surface area contributed by atoms with Gasteiger partial charge in [-0.1, -0.05) is 0 Å². The highest BCUT2D eigenvalue weighted by molar-refractivity contribution is 4.83. The minimum absolute atomic E-state index is 0.731. The summed E-state index contributed by atoms with van der Waals surface area (Å²) < 4.78 is 0. The van der Waals surface area contributed by atoms with Gasteiger partial charge >= 0.3 is 0 Å². The average molecular weight is 225 g/mol. The van der Waals surface area contributed by atoms with Crippen molar-refractivity contribution in [1.82, 2.24) is 15.1 Å². The molecule has 2 aliphatic heterocycles. The second kappa shape index (κ2) is 5.99. The molecule has 94 valence electrons. The Kier molecular flexibility index (Phi) is 4.62. The first-order valence-corrected chi connectivity index (χ1v) is 6.89. The third kappa shape index (κ3) is 3.19. The molecule has 3 heteroatoms. The van der Waals surface area contributed by atoms with E-state index in [9.17, 15) is 0 Å². The molecule has 0 radical (unpaired) electrons. The summed E-state index contributed by atoms with van der Waals surface area (Å²) in [5.74, 6) is 0. The van der Waals surface area contributed by atoms with Crippen LogP contribution in [0.1, 0.15) is 32.1 Å². The summed E-state index contributed by atoms with van der Waals surface area (Å²) in [4.78, 5) is 5.23. The van der Waals surface area contributed by atoms with E-state index in [-0.39, 0.29) is 0 Å². The summed E-state index contributed by atoms with van der Waals surface area (Å²) in [5, 5.41) is 3.45. The van der Waals surface area contributed by atoms with Crippen LogP contribution in [0, 0.1) is 0 Å². The third-order valence-corrected chi connectivity index (χ3v) is 4.30. The fraction of sp³-hybridized carbons (Fsp3) is 1.00. The summed E-state index contributed by atoms with van der Waals surface area (Å²) in [6, 6.07) is 1.58. The van der Waals surface area contributed by atoms with Crippen LogP contribution in [0.2, 0.25) is 0 Å². The molecule has 0 aliphatic carbocycles. The fourth-order valence-corrected chi connectivity index (χ4v) is 3.16.